The summed E-state index contributed by atoms with van der Waals surface area (Å²) in [7, 11) is 0. The van der Waals surface area contributed by atoms with Crippen molar-refractivity contribution in [1.82, 2.24) is 24.1 Å². The maximum Gasteiger partial charge on any atom is 0.391 e. The lowest BCUT2D eigenvalue weighted by atomic mass is 9.74. The van der Waals surface area contributed by atoms with Gasteiger partial charge in [-0.15, -0.1) is 0 Å². The number of alkyl halides is 3. The molecule has 3 aromatic rings. The van der Waals surface area contributed by atoms with E-state index in [4.69, 9.17) is 11.6 Å². The SMILES string of the molecule is CCn1cnc2c(=O)n(-c3ccc(Cl)cn3)c(C3CC(C(F)(F)F)C3)nc21. The molecule has 0 saturated heterocycles. The van der Waals surface area contributed by atoms with Crippen LogP contribution in [-0.4, -0.2) is 30.3 Å². The molecule has 0 spiro atoms. The Hall–Kier alpha value is -2.42. The molecular formula is C17H15ClF3N5O. The highest BCUT2D eigenvalue weighted by atomic mass is 35.5. The van der Waals surface area contributed by atoms with E-state index in [0.29, 0.717) is 17.2 Å². The Kier molecular flexibility index (Phi) is 4.21. The van der Waals surface area contributed by atoms with E-state index in [1.165, 1.54) is 23.2 Å². The minimum absolute atomic E-state index is 0.102. The summed E-state index contributed by atoms with van der Waals surface area (Å²) >= 11 is 5.86. The average molecular weight is 398 g/mol. The molecule has 10 heteroatoms. The molecule has 0 N–H and O–H groups in total. The summed E-state index contributed by atoms with van der Waals surface area (Å²) in [5, 5.41) is 0.387. The van der Waals surface area contributed by atoms with Crippen molar-refractivity contribution >= 4 is 22.8 Å². The van der Waals surface area contributed by atoms with E-state index in [0.717, 1.165) is 0 Å². The van der Waals surface area contributed by atoms with Crippen LogP contribution in [0, 0.1) is 5.92 Å². The monoisotopic (exact) mass is 397 g/mol. The fourth-order valence-corrected chi connectivity index (χ4v) is 3.45. The quantitative estimate of drug-likeness (QED) is 0.675. The fraction of sp³-hybridized carbons (Fsp3) is 0.412. The van der Waals surface area contributed by atoms with Crippen LogP contribution in [-0.2, 0) is 6.54 Å². The van der Waals surface area contributed by atoms with Crippen molar-refractivity contribution in [1.29, 1.82) is 0 Å². The van der Waals surface area contributed by atoms with E-state index in [1.54, 1.807) is 10.6 Å². The van der Waals surface area contributed by atoms with Crippen LogP contribution in [0.2, 0.25) is 5.02 Å². The molecule has 6 nitrogen and oxygen atoms in total. The van der Waals surface area contributed by atoms with E-state index in [9.17, 15) is 18.0 Å². The van der Waals surface area contributed by atoms with Crippen LogP contribution in [0.1, 0.15) is 31.5 Å². The minimum atomic E-state index is -4.24. The van der Waals surface area contributed by atoms with Gasteiger partial charge in [0.25, 0.3) is 5.56 Å². The van der Waals surface area contributed by atoms with Gasteiger partial charge in [-0.05, 0) is 31.9 Å². The molecule has 4 rings (SSSR count). The fourth-order valence-electron chi connectivity index (χ4n) is 3.34. The standard InChI is InChI=1S/C17H15ClF3N5O/c1-2-25-8-23-13-15(25)24-14(9-5-10(6-9)17(19,20)21)26(16(13)27)12-4-3-11(18)7-22-12/h3-4,7-10H,2,5-6H2,1H3. The van der Waals surface area contributed by atoms with Crippen LogP contribution in [0.25, 0.3) is 17.0 Å². The Morgan fingerprint density at radius 2 is 2.00 bits per heavy atom. The van der Waals surface area contributed by atoms with E-state index in [2.05, 4.69) is 15.0 Å². The highest BCUT2D eigenvalue weighted by Crippen LogP contribution is 2.49. The normalized spacial score (nSPS) is 20.0. The van der Waals surface area contributed by atoms with Gasteiger partial charge in [0.05, 0.1) is 17.3 Å². The first-order chi connectivity index (χ1) is 12.8. The van der Waals surface area contributed by atoms with Gasteiger partial charge < -0.3 is 4.57 Å². The van der Waals surface area contributed by atoms with Gasteiger partial charge in [-0.25, -0.2) is 19.5 Å². The number of rotatable bonds is 3. The summed E-state index contributed by atoms with van der Waals surface area (Å²) in [5.74, 6) is -1.32. The molecule has 3 aromatic heterocycles. The van der Waals surface area contributed by atoms with Crippen LogP contribution in [0.4, 0.5) is 13.2 Å². The topological polar surface area (TPSA) is 65.6 Å². The van der Waals surface area contributed by atoms with Crippen molar-refractivity contribution in [2.75, 3.05) is 0 Å². The lowest BCUT2D eigenvalue weighted by Gasteiger charge is -2.36. The zero-order valence-corrected chi connectivity index (χ0v) is 15.0. The number of hydrogen-bond acceptors (Lipinski definition) is 4. The second-order valence-corrected chi connectivity index (χ2v) is 6.99. The Bertz CT molecular complexity index is 1050. The number of pyridine rings is 1. The predicted molar refractivity (Wildman–Crippen MR) is 93.1 cm³/mol. The summed E-state index contributed by atoms with van der Waals surface area (Å²) in [5.41, 5.74) is 0.0784. The first kappa shape index (κ1) is 18.0. The van der Waals surface area contributed by atoms with Gasteiger partial charge in [-0.3, -0.25) is 4.79 Å². The molecule has 1 saturated carbocycles. The molecule has 0 radical (unpaired) electrons. The molecule has 0 aromatic carbocycles. The molecule has 1 fully saturated rings. The van der Waals surface area contributed by atoms with Crippen LogP contribution < -0.4 is 5.56 Å². The molecule has 27 heavy (non-hydrogen) atoms. The molecule has 0 aliphatic heterocycles. The smallest absolute Gasteiger partial charge is 0.315 e. The maximum absolute atomic E-state index is 13.0. The summed E-state index contributed by atoms with van der Waals surface area (Å²) in [4.78, 5) is 25.8. The zero-order chi connectivity index (χ0) is 19.3. The average Bonchev–Trinajstić information content (AvgIpc) is 2.97. The third-order valence-corrected chi connectivity index (χ3v) is 5.14. The minimum Gasteiger partial charge on any atom is -0.315 e. The Balaban J connectivity index is 1.88. The largest absolute Gasteiger partial charge is 0.391 e. The number of fused-ring (bicyclic) bond motifs is 1. The molecule has 0 bridgehead atoms. The van der Waals surface area contributed by atoms with Crippen LogP contribution in [0.15, 0.2) is 29.5 Å². The third-order valence-electron chi connectivity index (χ3n) is 4.91. The van der Waals surface area contributed by atoms with Gasteiger partial charge in [0.1, 0.15) is 11.6 Å². The summed E-state index contributed by atoms with van der Waals surface area (Å²) in [6.07, 6.45) is -1.57. The van der Waals surface area contributed by atoms with Gasteiger partial charge in [0, 0.05) is 18.7 Å². The van der Waals surface area contributed by atoms with Gasteiger partial charge in [-0.1, -0.05) is 11.6 Å². The van der Waals surface area contributed by atoms with Crippen molar-refractivity contribution < 1.29 is 13.2 Å². The summed E-state index contributed by atoms with van der Waals surface area (Å²) < 4.78 is 41.7. The number of nitrogens with zero attached hydrogens (tertiary/aromatic N) is 5. The Morgan fingerprint density at radius 1 is 1.26 bits per heavy atom. The van der Waals surface area contributed by atoms with Crippen molar-refractivity contribution in [3.05, 3.63) is 45.9 Å². The number of aryl methyl sites for hydroxylation is 1. The lowest BCUT2D eigenvalue weighted by Crippen LogP contribution is -2.38. The van der Waals surface area contributed by atoms with Crippen LogP contribution >= 0.6 is 11.6 Å². The molecular weight excluding hydrogens is 383 g/mol. The zero-order valence-electron chi connectivity index (χ0n) is 14.2. The van der Waals surface area contributed by atoms with E-state index in [1.807, 2.05) is 6.92 Å². The van der Waals surface area contributed by atoms with Crippen molar-refractivity contribution in [2.45, 2.75) is 38.4 Å². The highest BCUT2D eigenvalue weighted by molar-refractivity contribution is 6.30. The van der Waals surface area contributed by atoms with E-state index < -0.39 is 23.6 Å². The van der Waals surface area contributed by atoms with Crippen molar-refractivity contribution in [3.8, 4) is 5.82 Å². The molecule has 3 heterocycles. The predicted octanol–water partition coefficient (Wildman–Crippen LogP) is 3.71. The highest BCUT2D eigenvalue weighted by Gasteiger charge is 2.49. The molecule has 0 amide bonds. The number of imidazole rings is 1. The Labute approximate surface area is 156 Å². The van der Waals surface area contributed by atoms with Crippen LogP contribution in [0.3, 0.4) is 0 Å². The van der Waals surface area contributed by atoms with E-state index in [-0.39, 0.29) is 30.0 Å². The van der Waals surface area contributed by atoms with E-state index >= 15 is 0 Å². The second kappa shape index (κ2) is 6.33. The molecule has 1 aliphatic rings. The first-order valence-electron chi connectivity index (χ1n) is 8.46. The maximum atomic E-state index is 13.0. The second-order valence-electron chi connectivity index (χ2n) is 6.55. The Morgan fingerprint density at radius 3 is 2.59 bits per heavy atom. The molecule has 0 unspecified atom stereocenters. The molecule has 1 aliphatic carbocycles. The summed E-state index contributed by atoms with van der Waals surface area (Å²) in [6.45, 7) is 2.42. The number of halogens is 4. The summed E-state index contributed by atoms with van der Waals surface area (Å²) in [6, 6.07) is 3.10. The lowest BCUT2D eigenvalue weighted by molar-refractivity contribution is -0.198. The third kappa shape index (κ3) is 2.99. The number of aromatic nitrogens is 5. The van der Waals surface area contributed by atoms with Crippen molar-refractivity contribution in [2.24, 2.45) is 5.92 Å². The van der Waals surface area contributed by atoms with Gasteiger partial charge in [0.15, 0.2) is 11.2 Å². The van der Waals surface area contributed by atoms with Crippen molar-refractivity contribution in [3.63, 3.8) is 0 Å². The van der Waals surface area contributed by atoms with Crippen LogP contribution in [0.5, 0.6) is 0 Å². The van der Waals surface area contributed by atoms with Gasteiger partial charge in [-0.2, -0.15) is 13.2 Å². The van der Waals surface area contributed by atoms with Gasteiger partial charge in [0.2, 0.25) is 0 Å². The molecule has 142 valence electrons. The number of hydrogen-bond donors (Lipinski definition) is 0. The first-order valence-corrected chi connectivity index (χ1v) is 8.83. The molecule has 0 atom stereocenters. The van der Waals surface area contributed by atoms with Gasteiger partial charge >= 0.3 is 6.18 Å².